The van der Waals surface area contributed by atoms with E-state index in [1.54, 1.807) is 0 Å². The van der Waals surface area contributed by atoms with Gasteiger partial charge in [-0.25, -0.2) is 0 Å². The second-order valence-electron chi connectivity index (χ2n) is 5.33. The van der Waals surface area contributed by atoms with Crippen molar-refractivity contribution in [1.29, 1.82) is 0 Å². The summed E-state index contributed by atoms with van der Waals surface area (Å²) in [5.74, 6) is -0.0155. The smallest absolute Gasteiger partial charge is 0.310 e. The minimum absolute atomic E-state index is 0.160. The predicted molar refractivity (Wildman–Crippen MR) is 76.1 cm³/mol. The first-order chi connectivity index (χ1) is 9.65. The van der Waals surface area contributed by atoms with Gasteiger partial charge in [-0.3, -0.25) is 9.59 Å². The molecule has 1 unspecified atom stereocenters. The van der Waals surface area contributed by atoms with Crippen LogP contribution in [0, 0.1) is 5.92 Å². The number of ether oxygens (including phenoxy) is 1. The van der Waals surface area contributed by atoms with Crippen molar-refractivity contribution in [1.82, 2.24) is 4.90 Å². The molecular formula is C16H21NO3. The second-order valence-corrected chi connectivity index (χ2v) is 5.33. The Morgan fingerprint density at radius 2 is 1.90 bits per heavy atom. The highest BCUT2D eigenvalue weighted by molar-refractivity contribution is 5.79. The van der Waals surface area contributed by atoms with Gasteiger partial charge in [0.05, 0.1) is 5.92 Å². The zero-order valence-electron chi connectivity index (χ0n) is 11.9. The summed E-state index contributed by atoms with van der Waals surface area (Å²) in [7, 11) is 0. The first-order valence-corrected chi connectivity index (χ1v) is 7.10. The second kappa shape index (κ2) is 7.20. The van der Waals surface area contributed by atoms with Crippen LogP contribution in [0.5, 0.6) is 0 Å². The van der Waals surface area contributed by atoms with Crippen LogP contribution >= 0.6 is 0 Å². The lowest BCUT2D eigenvalue weighted by Gasteiger charge is -2.27. The summed E-state index contributed by atoms with van der Waals surface area (Å²) in [5.41, 5.74) is 0.997. The highest BCUT2D eigenvalue weighted by Gasteiger charge is 2.22. The fourth-order valence-electron chi connectivity index (χ4n) is 2.32. The fourth-order valence-corrected chi connectivity index (χ4v) is 2.32. The van der Waals surface area contributed by atoms with Gasteiger partial charge in [0.25, 0.3) is 0 Å². The molecule has 1 saturated heterocycles. The number of nitrogens with zero attached hydrogens (tertiary/aromatic N) is 1. The first kappa shape index (κ1) is 14.7. The van der Waals surface area contributed by atoms with Crippen molar-refractivity contribution in [3.05, 3.63) is 35.9 Å². The molecule has 0 radical (unpaired) electrons. The zero-order valence-corrected chi connectivity index (χ0v) is 11.9. The summed E-state index contributed by atoms with van der Waals surface area (Å²) >= 11 is 0. The Hall–Kier alpha value is -1.68. The highest BCUT2D eigenvalue weighted by Crippen LogP contribution is 2.11. The first-order valence-electron chi connectivity index (χ1n) is 7.10. The number of rotatable bonds is 5. The molecule has 1 aliphatic rings. The van der Waals surface area contributed by atoms with Crippen molar-refractivity contribution < 1.29 is 14.3 Å². The van der Waals surface area contributed by atoms with Crippen LogP contribution in [-0.2, 0) is 20.9 Å². The lowest BCUT2D eigenvalue weighted by molar-refractivity contribution is -0.150. The lowest BCUT2D eigenvalue weighted by atomic mass is 10.1. The van der Waals surface area contributed by atoms with Gasteiger partial charge < -0.3 is 9.64 Å². The van der Waals surface area contributed by atoms with Crippen LogP contribution in [-0.4, -0.2) is 36.3 Å². The highest BCUT2D eigenvalue weighted by atomic mass is 16.5. The van der Waals surface area contributed by atoms with Crippen LogP contribution in [0.2, 0.25) is 0 Å². The monoisotopic (exact) mass is 275 g/mol. The summed E-state index contributed by atoms with van der Waals surface area (Å²) in [6, 6.07) is 9.67. The number of esters is 1. The average Bonchev–Trinajstić information content (AvgIpc) is 2.48. The van der Waals surface area contributed by atoms with E-state index in [0.717, 1.165) is 18.7 Å². The molecule has 1 aliphatic heterocycles. The predicted octanol–water partition coefficient (Wildman–Crippen LogP) is 2.03. The summed E-state index contributed by atoms with van der Waals surface area (Å²) in [5, 5.41) is 0. The third-order valence-electron chi connectivity index (χ3n) is 3.57. The third kappa shape index (κ3) is 4.46. The maximum absolute atomic E-state index is 11.9. The maximum atomic E-state index is 11.9. The summed E-state index contributed by atoms with van der Waals surface area (Å²) < 4.78 is 5.32. The molecule has 1 aromatic rings. The normalized spacial score (nSPS) is 17.8. The quantitative estimate of drug-likeness (QED) is 0.771. The topological polar surface area (TPSA) is 46.6 Å². The summed E-state index contributed by atoms with van der Waals surface area (Å²) in [4.78, 5) is 25.3. The Morgan fingerprint density at radius 3 is 2.55 bits per heavy atom. The SMILES string of the molecule is CC(CN1CCC(=O)CC1)C(=O)OCc1ccccc1. The van der Waals surface area contributed by atoms with Gasteiger partial charge in [0.15, 0.2) is 0 Å². The summed E-state index contributed by atoms with van der Waals surface area (Å²) in [6.45, 7) is 4.39. The Bertz CT molecular complexity index is 448. The van der Waals surface area contributed by atoms with Gasteiger partial charge >= 0.3 is 5.97 Å². The molecular weight excluding hydrogens is 254 g/mol. The minimum atomic E-state index is -0.175. The Labute approximate surface area is 119 Å². The number of benzene rings is 1. The zero-order chi connectivity index (χ0) is 14.4. The third-order valence-corrected chi connectivity index (χ3v) is 3.57. The van der Waals surface area contributed by atoms with Crippen LogP contribution in [0.4, 0.5) is 0 Å². The van der Waals surface area contributed by atoms with Gasteiger partial charge in [0.1, 0.15) is 12.4 Å². The van der Waals surface area contributed by atoms with Crippen molar-refractivity contribution in [2.45, 2.75) is 26.4 Å². The molecule has 2 rings (SSSR count). The molecule has 0 bridgehead atoms. The van der Waals surface area contributed by atoms with Gasteiger partial charge in [-0.05, 0) is 5.56 Å². The van der Waals surface area contributed by atoms with E-state index in [0.29, 0.717) is 31.8 Å². The number of ketones is 1. The van der Waals surface area contributed by atoms with Crippen LogP contribution in [0.1, 0.15) is 25.3 Å². The largest absolute Gasteiger partial charge is 0.461 e. The number of likely N-dealkylation sites (tertiary alicyclic amines) is 1. The van der Waals surface area contributed by atoms with Gasteiger partial charge in [-0.1, -0.05) is 37.3 Å². The van der Waals surface area contributed by atoms with Crippen molar-refractivity contribution >= 4 is 11.8 Å². The minimum Gasteiger partial charge on any atom is -0.461 e. The average molecular weight is 275 g/mol. The molecule has 0 aliphatic carbocycles. The van der Waals surface area contributed by atoms with E-state index in [2.05, 4.69) is 4.90 Å². The van der Waals surface area contributed by atoms with Crippen LogP contribution < -0.4 is 0 Å². The van der Waals surface area contributed by atoms with Gasteiger partial charge in [0.2, 0.25) is 0 Å². The number of piperidine rings is 1. The summed E-state index contributed by atoms with van der Waals surface area (Å²) in [6.07, 6.45) is 1.21. The molecule has 1 fully saturated rings. The van der Waals surface area contributed by atoms with Gasteiger partial charge in [-0.15, -0.1) is 0 Å². The lowest BCUT2D eigenvalue weighted by Crippen LogP contribution is -2.38. The standard InChI is InChI=1S/C16H21NO3/c1-13(11-17-9-7-15(18)8-10-17)16(19)20-12-14-5-3-2-4-6-14/h2-6,13H,7-12H2,1H3. The van der Waals surface area contributed by atoms with E-state index < -0.39 is 0 Å². The van der Waals surface area contributed by atoms with E-state index in [9.17, 15) is 9.59 Å². The number of hydrogen-bond acceptors (Lipinski definition) is 4. The molecule has 4 heteroatoms. The molecule has 0 saturated carbocycles. The molecule has 0 amide bonds. The molecule has 1 heterocycles. The Balaban J connectivity index is 1.73. The maximum Gasteiger partial charge on any atom is 0.310 e. The van der Waals surface area contributed by atoms with E-state index in [1.807, 2.05) is 37.3 Å². The van der Waals surface area contributed by atoms with Crippen molar-refractivity contribution in [3.63, 3.8) is 0 Å². The number of carbonyl (C=O) groups is 2. The number of hydrogen-bond donors (Lipinski definition) is 0. The number of Topliss-reactive ketones (excluding diaryl/α,β-unsaturated/α-hetero) is 1. The van der Waals surface area contributed by atoms with E-state index in [-0.39, 0.29) is 11.9 Å². The van der Waals surface area contributed by atoms with Crippen LogP contribution in [0.3, 0.4) is 0 Å². The molecule has 0 N–H and O–H groups in total. The molecule has 1 atom stereocenters. The molecule has 1 aromatic carbocycles. The Morgan fingerprint density at radius 1 is 1.25 bits per heavy atom. The molecule has 0 spiro atoms. The van der Waals surface area contributed by atoms with Gasteiger partial charge in [0, 0.05) is 32.5 Å². The van der Waals surface area contributed by atoms with Crippen molar-refractivity contribution in [2.24, 2.45) is 5.92 Å². The van der Waals surface area contributed by atoms with E-state index >= 15 is 0 Å². The molecule has 20 heavy (non-hydrogen) atoms. The van der Waals surface area contributed by atoms with E-state index in [1.165, 1.54) is 0 Å². The molecule has 108 valence electrons. The van der Waals surface area contributed by atoms with Gasteiger partial charge in [-0.2, -0.15) is 0 Å². The van der Waals surface area contributed by atoms with Crippen molar-refractivity contribution in [2.75, 3.05) is 19.6 Å². The Kier molecular flexibility index (Phi) is 5.30. The number of carbonyl (C=O) groups excluding carboxylic acids is 2. The van der Waals surface area contributed by atoms with E-state index in [4.69, 9.17) is 4.74 Å². The van der Waals surface area contributed by atoms with Crippen molar-refractivity contribution in [3.8, 4) is 0 Å². The van der Waals surface area contributed by atoms with Crippen LogP contribution in [0.25, 0.3) is 0 Å². The molecule has 0 aromatic heterocycles. The van der Waals surface area contributed by atoms with Crippen LogP contribution in [0.15, 0.2) is 30.3 Å². The fraction of sp³-hybridized carbons (Fsp3) is 0.500. The molecule has 4 nitrogen and oxygen atoms in total.